The number of esters is 1. The molecule has 0 aliphatic carbocycles. The van der Waals surface area contributed by atoms with Gasteiger partial charge in [0.05, 0.1) is 16.7 Å². The van der Waals surface area contributed by atoms with Crippen molar-refractivity contribution in [1.82, 2.24) is 0 Å². The molecule has 0 saturated carbocycles. The zero-order valence-corrected chi connectivity index (χ0v) is 15.2. The highest BCUT2D eigenvalue weighted by molar-refractivity contribution is 5.99. The van der Waals surface area contributed by atoms with Crippen molar-refractivity contribution in [1.29, 1.82) is 10.5 Å². The van der Waals surface area contributed by atoms with Gasteiger partial charge in [0.15, 0.2) is 12.4 Å². The quantitative estimate of drug-likeness (QED) is 0.466. The molecule has 0 unspecified atom stereocenters. The third-order valence-electron chi connectivity index (χ3n) is 3.97. The number of hydrogen-bond donors (Lipinski definition) is 0. The molecular formula is C23H14N2O4. The zero-order valence-electron chi connectivity index (χ0n) is 15.2. The first-order chi connectivity index (χ1) is 14.1. The van der Waals surface area contributed by atoms with Crippen LogP contribution in [-0.2, 0) is 4.74 Å². The average Bonchev–Trinajstić information content (AvgIpc) is 2.77. The van der Waals surface area contributed by atoms with Gasteiger partial charge in [0.2, 0.25) is 0 Å². The van der Waals surface area contributed by atoms with E-state index in [2.05, 4.69) is 0 Å². The molecule has 3 aromatic rings. The van der Waals surface area contributed by atoms with E-state index in [-0.39, 0.29) is 29.1 Å². The molecule has 0 heterocycles. The number of hydrogen-bond acceptors (Lipinski definition) is 6. The molecule has 0 spiro atoms. The molecule has 3 rings (SSSR count). The number of benzene rings is 3. The van der Waals surface area contributed by atoms with Crippen LogP contribution in [0.25, 0.3) is 0 Å². The average molecular weight is 382 g/mol. The van der Waals surface area contributed by atoms with Gasteiger partial charge in [-0.2, -0.15) is 10.5 Å². The summed E-state index contributed by atoms with van der Waals surface area (Å²) in [5.74, 6) is -0.252. The second kappa shape index (κ2) is 8.98. The molecule has 0 fully saturated rings. The normalized spacial score (nSPS) is 9.72. The summed E-state index contributed by atoms with van der Waals surface area (Å²) in [4.78, 5) is 24.3. The Morgan fingerprint density at radius 2 is 1.45 bits per heavy atom. The fourth-order valence-electron chi connectivity index (χ4n) is 2.52. The smallest absolute Gasteiger partial charge is 0.338 e. The molecule has 0 aliphatic rings. The summed E-state index contributed by atoms with van der Waals surface area (Å²) in [6.45, 7) is -0.366. The second-order valence-corrected chi connectivity index (χ2v) is 5.93. The number of nitrogens with zero attached hydrogens (tertiary/aromatic N) is 2. The fraction of sp³-hybridized carbons (Fsp3) is 0.0435. The van der Waals surface area contributed by atoms with E-state index >= 15 is 0 Å². The van der Waals surface area contributed by atoms with Crippen molar-refractivity contribution in [2.24, 2.45) is 0 Å². The predicted octanol–water partition coefficient (Wildman–Crippen LogP) is 4.26. The summed E-state index contributed by atoms with van der Waals surface area (Å²) in [5.41, 5.74) is 1.13. The number of ketones is 1. The lowest BCUT2D eigenvalue weighted by molar-refractivity contribution is 0.0474. The maximum Gasteiger partial charge on any atom is 0.338 e. The molecule has 0 radical (unpaired) electrons. The van der Waals surface area contributed by atoms with E-state index in [4.69, 9.17) is 20.0 Å². The number of Topliss-reactive ketones (excluding diaryl/α,β-unsaturated/α-hetero) is 1. The first kappa shape index (κ1) is 19.3. The Morgan fingerprint density at radius 1 is 0.759 bits per heavy atom. The highest BCUT2D eigenvalue weighted by atomic mass is 16.5. The van der Waals surface area contributed by atoms with E-state index in [1.807, 2.05) is 12.1 Å². The lowest BCUT2D eigenvalue weighted by Crippen LogP contribution is -2.14. The van der Waals surface area contributed by atoms with Crippen molar-refractivity contribution < 1.29 is 19.1 Å². The topological polar surface area (TPSA) is 100 Å². The summed E-state index contributed by atoms with van der Waals surface area (Å²) in [6.07, 6.45) is 0. The lowest BCUT2D eigenvalue weighted by Gasteiger charge is -2.09. The Bertz CT molecular complexity index is 1140. The van der Waals surface area contributed by atoms with Gasteiger partial charge in [-0.3, -0.25) is 4.79 Å². The second-order valence-electron chi connectivity index (χ2n) is 5.93. The Hall–Kier alpha value is -4.42. The fourth-order valence-corrected chi connectivity index (χ4v) is 2.52. The number of ether oxygens (including phenoxy) is 2. The largest absolute Gasteiger partial charge is 0.457 e. The molecule has 0 aromatic heterocycles. The van der Waals surface area contributed by atoms with E-state index in [9.17, 15) is 9.59 Å². The summed E-state index contributed by atoms with van der Waals surface area (Å²) < 4.78 is 10.8. The van der Waals surface area contributed by atoms with E-state index in [0.29, 0.717) is 17.1 Å². The van der Waals surface area contributed by atoms with Crippen LogP contribution in [0, 0.1) is 22.7 Å². The van der Waals surface area contributed by atoms with Crippen molar-refractivity contribution in [3.63, 3.8) is 0 Å². The minimum absolute atomic E-state index is 0.194. The molecular weight excluding hydrogens is 368 g/mol. The van der Waals surface area contributed by atoms with Gasteiger partial charge >= 0.3 is 5.97 Å². The number of carbonyl (C=O) groups excluding carboxylic acids is 2. The molecule has 3 aromatic carbocycles. The number of rotatable bonds is 6. The van der Waals surface area contributed by atoms with Gasteiger partial charge in [-0.25, -0.2) is 4.79 Å². The monoisotopic (exact) mass is 382 g/mol. The molecule has 0 atom stereocenters. The van der Waals surface area contributed by atoms with Gasteiger partial charge in [0.1, 0.15) is 23.6 Å². The Labute approximate surface area is 167 Å². The first-order valence-corrected chi connectivity index (χ1v) is 8.58. The minimum atomic E-state index is -0.655. The highest BCUT2D eigenvalue weighted by Crippen LogP contribution is 2.24. The van der Waals surface area contributed by atoms with Crippen LogP contribution in [0.5, 0.6) is 11.5 Å². The van der Waals surface area contributed by atoms with E-state index in [0.717, 1.165) is 0 Å². The molecule has 0 amide bonds. The van der Waals surface area contributed by atoms with Gasteiger partial charge < -0.3 is 9.47 Å². The number of carbonyl (C=O) groups is 2. The van der Waals surface area contributed by atoms with Gasteiger partial charge in [0.25, 0.3) is 0 Å². The molecule has 0 bridgehead atoms. The molecule has 6 nitrogen and oxygen atoms in total. The maximum atomic E-state index is 12.3. The minimum Gasteiger partial charge on any atom is -0.457 e. The van der Waals surface area contributed by atoms with Crippen molar-refractivity contribution in [2.75, 3.05) is 6.61 Å². The molecule has 0 aliphatic heterocycles. The molecule has 0 N–H and O–H groups in total. The van der Waals surface area contributed by atoms with Crippen LogP contribution < -0.4 is 4.74 Å². The summed E-state index contributed by atoms with van der Waals surface area (Å²) in [6, 6.07) is 23.2. The summed E-state index contributed by atoms with van der Waals surface area (Å²) in [5, 5.41) is 18.1. The van der Waals surface area contributed by atoms with Crippen LogP contribution in [0.15, 0.2) is 72.8 Å². The van der Waals surface area contributed by atoms with Gasteiger partial charge in [0, 0.05) is 5.56 Å². The van der Waals surface area contributed by atoms with E-state index < -0.39 is 5.97 Å². The molecule has 6 heteroatoms. The van der Waals surface area contributed by atoms with Crippen LogP contribution in [0.3, 0.4) is 0 Å². The molecule has 29 heavy (non-hydrogen) atoms. The highest BCUT2D eigenvalue weighted by Gasteiger charge is 2.13. The SMILES string of the molecule is N#Cc1ccc(Oc2cccc(C(=O)OCC(=O)c3ccccc3)c2)cc1C#N. The van der Waals surface area contributed by atoms with Gasteiger partial charge in [-0.05, 0) is 36.4 Å². The van der Waals surface area contributed by atoms with Crippen LogP contribution in [0.4, 0.5) is 0 Å². The van der Waals surface area contributed by atoms with E-state index in [1.165, 1.54) is 18.2 Å². The van der Waals surface area contributed by atoms with Crippen LogP contribution >= 0.6 is 0 Å². The standard InChI is InChI=1S/C23H14N2O4/c24-13-18-9-10-21(12-19(18)14-25)29-20-8-4-7-17(11-20)23(27)28-15-22(26)16-5-2-1-3-6-16/h1-12H,15H2. The summed E-state index contributed by atoms with van der Waals surface area (Å²) >= 11 is 0. The Balaban J connectivity index is 1.68. The van der Waals surface area contributed by atoms with E-state index in [1.54, 1.807) is 54.6 Å². The first-order valence-electron chi connectivity index (χ1n) is 8.58. The van der Waals surface area contributed by atoms with Crippen LogP contribution in [-0.4, -0.2) is 18.4 Å². The zero-order chi connectivity index (χ0) is 20.6. The van der Waals surface area contributed by atoms with Crippen LogP contribution in [0.2, 0.25) is 0 Å². The Kier molecular flexibility index (Phi) is 5.99. The van der Waals surface area contributed by atoms with Crippen molar-refractivity contribution in [3.8, 4) is 23.6 Å². The van der Waals surface area contributed by atoms with Gasteiger partial charge in [-0.1, -0.05) is 36.4 Å². The summed E-state index contributed by atoms with van der Waals surface area (Å²) in [7, 11) is 0. The number of nitriles is 2. The van der Waals surface area contributed by atoms with Gasteiger partial charge in [-0.15, -0.1) is 0 Å². The van der Waals surface area contributed by atoms with Crippen molar-refractivity contribution in [3.05, 3.63) is 95.1 Å². The predicted molar refractivity (Wildman–Crippen MR) is 103 cm³/mol. The third kappa shape index (κ3) is 4.85. The third-order valence-corrected chi connectivity index (χ3v) is 3.97. The lowest BCUT2D eigenvalue weighted by atomic mass is 10.1. The Morgan fingerprint density at radius 3 is 2.17 bits per heavy atom. The van der Waals surface area contributed by atoms with Crippen LogP contribution in [0.1, 0.15) is 31.8 Å². The van der Waals surface area contributed by atoms with Crippen molar-refractivity contribution >= 4 is 11.8 Å². The molecule has 0 saturated heterocycles. The maximum absolute atomic E-state index is 12.3. The van der Waals surface area contributed by atoms with Crippen molar-refractivity contribution in [2.45, 2.75) is 0 Å². The molecule has 140 valence electrons.